The van der Waals surface area contributed by atoms with Crippen LogP contribution in [0.1, 0.15) is 24.2 Å². The molecule has 4 nitrogen and oxygen atoms in total. The first-order valence-electron chi connectivity index (χ1n) is 6.10. The van der Waals surface area contributed by atoms with Gasteiger partial charge in [-0.15, -0.1) is 0 Å². The Morgan fingerprint density at radius 2 is 2.05 bits per heavy atom. The zero-order valence-electron chi connectivity index (χ0n) is 11.4. The quantitative estimate of drug-likeness (QED) is 0.537. The third kappa shape index (κ3) is 5.36. The van der Waals surface area contributed by atoms with Crippen molar-refractivity contribution in [3.8, 4) is 5.75 Å². The first kappa shape index (κ1) is 15.6. The molecule has 0 aromatic heterocycles. The third-order valence-electron chi connectivity index (χ3n) is 2.39. The SMILES string of the molecule is COc1ccc(C(=O)COCCOC(C)C)cc1F. The predicted molar refractivity (Wildman–Crippen MR) is 69.2 cm³/mol. The van der Waals surface area contributed by atoms with Crippen molar-refractivity contribution in [2.75, 3.05) is 26.9 Å². The molecule has 0 radical (unpaired) electrons. The summed E-state index contributed by atoms with van der Waals surface area (Å²) in [7, 11) is 1.37. The minimum atomic E-state index is -0.559. The minimum absolute atomic E-state index is 0.0901. The molecule has 0 aliphatic rings. The summed E-state index contributed by atoms with van der Waals surface area (Å²) in [6, 6.07) is 4.08. The van der Waals surface area contributed by atoms with E-state index in [1.165, 1.54) is 19.2 Å². The van der Waals surface area contributed by atoms with Crippen LogP contribution in [0.15, 0.2) is 18.2 Å². The predicted octanol–water partition coefficient (Wildman–Crippen LogP) is 2.46. The Morgan fingerprint density at radius 3 is 2.63 bits per heavy atom. The van der Waals surface area contributed by atoms with Crippen LogP contribution in [-0.2, 0) is 9.47 Å². The van der Waals surface area contributed by atoms with Crippen LogP contribution in [0.4, 0.5) is 4.39 Å². The maximum Gasteiger partial charge on any atom is 0.188 e. The van der Waals surface area contributed by atoms with Gasteiger partial charge in [-0.1, -0.05) is 0 Å². The first-order valence-corrected chi connectivity index (χ1v) is 6.10. The third-order valence-corrected chi connectivity index (χ3v) is 2.39. The summed E-state index contributed by atoms with van der Waals surface area (Å²) in [6.45, 7) is 4.52. The smallest absolute Gasteiger partial charge is 0.188 e. The molecule has 0 heterocycles. The highest BCUT2D eigenvalue weighted by atomic mass is 19.1. The van der Waals surface area contributed by atoms with Crippen molar-refractivity contribution < 1.29 is 23.4 Å². The van der Waals surface area contributed by atoms with Gasteiger partial charge < -0.3 is 14.2 Å². The van der Waals surface area contributed by atoms with E-state index in [1.807, 2.05) is 13.8 Å². The van der Waals surface area contributed by atoms with Gasteiger partial charge >= 0.3 is 0 Å². The number of hydrogen-bond acceptors (Lipinski definition) is 4. The van der Waals surface area contributed by atoms with Crippen molar-refractivity contribution >= 4 is 5.78 Å². The molecule has 0 fully saturated rings. The Hall–Kier alpha value is -1.46. The normalized spacial score (nSPS) is 10.8. The van der Waals surface area contributed by atoms with Gasteiger partial charge in [0.2, 0.25) is 0 Å². The molecular formula is C14H19FO4. The molecule has 19 heavy (non-hydrogen) atoms. The average molecular weight is 270 g/mol. The summed E-state index contributed by atoms with van der Waals surface area (Å²) in [5.41, 5.74) is 0.267. The maximum atomic E-state index is 13.4. The Morgan fingerprint density at radius 1 is 1.32 bits per heavy atom. The second-order valence-electron chi connectivity index (χ2n) is 4.24. The zero-order valence-corrected chi connectivity index (χ0v) is 11.4. The molecule has 0 aliphatic heterocycles. The van der Waals surface area contributed by atoms with Gasteiger partial charge in [-0.3, -0.25) is 4.79 Å². The Kier molecular flexibility index (Phi) is 6.45. The van der Waals surface area contributed by atoms with Crippen LogP contribution in [0.5, 0.6) is 5.75 Å². The van der Waals surface area contributed by atoms with Gasteiger partial charge in [-0.05, 0) is 32.0 Å². The van der Waals surface area contributed by atoms with Crippen LogP contribution in [0.3, 0.4) is 0 Å². The monoisotopic (exact) mass is 270 g/mol. The van der Waals surface area contributed by atoms with E-state index in [9.17, 15) is 9.18 Å². The zero-order chi connectivity index (χ0) is 14.3. The summed E-state index contributed by atoms with van der Waals surface area (Å²) < 4.78 is 28.6. The molecule has 0 atom stereocenters. The molecule has 0 spiro atoms. The molecule has 0 unspecified atom stereocenters. The van der Waals surface area contributed by atoms with Gasteiger partial charge in [0, 0.05) is 5.56 Å². The number of ether oxygens (including phenoxy) is 3. The van der Waals surface area contributed by atoms with Gasteiger partial charge in [0.15, 0.2) is 17.3 Å². The van der Waals surface area contributed by atoms with E-state index in [2.05, 4.69) is 0 Å². The van der Waals surface area contributed by atoms with Crippen molar-refractivity contribution in [1.29, 1.82) is 0 Å². The summed E-state index contributed by atoms with van der Waals surface area (Å²) in [4.78, 5) is 11.7. The lowest BCUT2D eigenvalue weighted by Gasteiger charge is -2.08. The van der Waals surface area contributed by atoms with Crippen molar-refractivity contribution in [3.63, 3.8) is 0 Å². The van der Waals surface area contributed by atoms with E-state index in [-0.39, 0.29) is 29.8 Å². The van der Waals surface area contributed by atoms with Crippen molar-refractivity contribution in [3.05, 3.63) is 29.6 Å². The van der Waals surface area contributed by atoms with Crippen molar-refractivity contribution in [1.82, 2.24) is 0 Å². The molecule has 0 saturated heterocycles. The fourth-order valence-electron chi connectivity index (χ4n) is 1.43. The van der Waals surface area contributed by atoms with Crippen molar-refractivity contribution in [2.45, 2.75) is 20.0 Å². The lowest BCUT2D eigenvalue weighted by Crippen LogP contribution is -2.14. The summed E-state index contributed by atoms with van der Waals surface area (Å²) in [5, 5.41) is 0. The number of halogens is 1. The standard InChI is InChI=1S/C14H19FO4/c1-10(2)19-7-6-18-9-13(16)11-4-5-14(17-3)12(15)8-11/h4-5,8,10H,6-7,9H2,1-3H3. The number of hydrogen-bond donors (Lipinski definition) is 0. The highest BCUT2D eigenvalue weighted by Gasteiger charge is 2.10. The van der Waals surface area contributed by atoms with Crippen LogP contribution in [0.25, 0.3) is 0 Å². The van der Waals surface area contributed by atoms with Gasteiger partial charge in [-0.2, -0.15) is 0 Å². The fourth-order valence-corrected chi connectivity index (χ4v) is 1.43. The largest absolute Gasteiger partial charge is 0.494 e. The topological polar surface area (TPSA) is 44.8 Å². The molecule has 0 saturated carbocycles. The molecule has 0 amide bonds. The highest BCUT2D eigenvalue weighted by molar-refractivity contribution is 5.97. The lowest BCUT2D eigenvalue weighted by atomic mass is 10.1. The number of methoxy groups -OCH3 is 1. The van der Waals surface area contributed by atoms with Crippen LogP contribution in [0, 0.1) is 5.82 Å². The first-order chi connectivity index (χ1) is 9.04. The second kappa shape index (κ2) is 7.86. The van der Waals surface area contributed by atoms with E-state index in [4.69, 9.17) is 14.2 Å². The number of rotatable bonds is 8. The number of ketones is 1. The van der Waals surface area contributed by atoms with E-state index < -0.39 is 5.82 Å². The van der Waals surface area contributed by atoms with Crippen LogP contribution >= 0.6 is 0 Å². The van der Waals surface area contributed by atoms with Gasteiger partial charge in [0.05, 0.1) is 26.4 Å². The molecule has 1 aromatic carbocycles. The molecule has 5 heteroatoms. The number of Topliss-reactive ketones (excluding diaryl/α,β-unsaturated/α-hetero) is 1. The Labute approximate surface area is 112 Å². The van der Waals surface area contributed by atoms with E-state index in [0.717, 1.165) is 6.07 Å². The molecule has 0 N–H and O–H groups in total. The second-order valence-corrected chi connectivity index (χ2v) is 4.24. The van der Waals surface area contributed by atoms with E-state index in [0.29, 0.717) is 13.2 Å². The molecule has 0 aliphatic carbocycles. The lowest BCUT2D eigenvalue weighted by molar-refractivity contribution is 0.0208. The van der Waals surface area contributed by atoms with Gasteiger partial charge in [-0.25, -0.2) is 4.39 Å². The fraction of sp³-hybridized carbons (Fsp3) is 0.500. The van der Waals surface area contributed by atoms with Crippen LogP contribution in [0.2, 0.25) is 0 Å². The molecular weight excluding hydrogens is 251 g/mol. The summed E-state index contributed by atoms with van der Waals surface area (Å²) >= 11 is 0. The Bertz CT molecular complexity index is 418. The molecule has 1 aromatic rings. The number of benzene rings is 1. The van der Waals surface area contributed by atoms with E-state index in [1.54, 1.807) is 0 Å². The van der Waals surface area contributed by atoms with Crippen LogP contribution in [-0.4, -0.2) is 38.8 Å². The van der Waals surface area contributed by atoms with Crippen LogP contribution < -0.4 is 4.74 Å². The van der Waals surface area contributed by atoms with E-state index >= 15 is 0 Å². The Balaban J connectivity index is 2.39. The molecule has 106 valence electrons. The molecule has 1 rings (SSSR count). The maximum absolute atomic E-state index is 13.4. The molecule has 0 bridgehead atoms. The summed E-state index contributed by atoms with van der Waals surface area (Å²) in [5.74, 6) is -0.717. The number of carbonyl (C=O) groups is 1. The van der Waals surface area contributed by atoms with Gasteiger partial charge in [0.1, 0.15) is 6.61 Å². The highest BCUT2D eigenvalue weighted by Crippen LogP contribution is 2.17. The number of carbonyl (C=O) groups excluding carboxylic acids is 1. The summed E-state index contributed by atoms with van der Waals surface area (Å²) in [6.07, 6.45) is 0.134. The van der Waals surface area contributed by atoms with Crippen molar-refractivity contribution in [2.24, 2.45) is 0 Å². The van der Waals surface area contributed by atoms with Gasteiger partial charge in [0.25, 0.3) is 0 Å². The average Bonchev–Trinajstić information content (AvgIpc) is 2.37. The minimum Gasteiger partial charge on any atom is -0.494 e.